The molecule has 0 amide bonds. The van der Waals surface area contributed by atoms with Gasteiger partial charge in [-0.25, -0.2) is 8.78 Å². The fourth-order valence-corrected chi connectivity index (χ4v) is 3.07. The highest BCUT2D eigenvalue weighted by Gasteiger charge is 2.40. The molecule has 1 aromatic carbocycles. The molecule has 1 atom stereocenters. The number of carbonyl (C=O) groups is 1. The minimum Gasteiger partial charge on any atom is -0.316 e. The van der Waals surface area contributed by atoms with Gasteiger partial charge in [-0.15, -0.1) is 0 Å². The summed E-state index contributed by atoms with van der Waals surface area (Å²) in [5, 5.41) is 3.22. The second-order valence-electron chi connectivity index (χ2n) is 5.70. The third-order valence-corrected chi connectivity index (χ3v) is 4.20. The third-order valence-electron chi connectivity index (χ3n) is 4.20. The summed E-state index contributed by atoms with van der Waals surface area (Å²) in [5.41, 5.74) is -0.467. The Hall–Kier alpha value is -1.29. The lowest BCUT2D eigenvalue weighted by molar-refractivity contribution is 0.0712. The minimum atomic E-state index is -1.00. The summed E-state index contributed by atoms with van der Waals surface area (Å²) >= 11 is 0. The quantitative estimate of drug-likeness (QED) is 0.854. The number of aryl methyl sites for hydroxylation is 1. The SMILES string of the molecule is CCCC1(C(=O)c2ccc(C)c(F)c2F)CCCNC1. The van der Waals surface area contributed by atoms with Crippen LogP contribution in [0.25, 0.3) is 0 Å². The topological polar surface area (TPSA) is 29.1 Å². The summed E-state index contributed by atoms with van der Waals surface area (Å²) in [6, 6.07) is 2.89. The van der Waals surface area contributed by atoms with E-state index in [1.54, 1.807) is 0 Å². The van der Waals surface area contributed by atoms with Crippen molar-refractivity contribution in [1.29, 1.82) is 0 Å². The number of ketones is 1. The van der Waals surface area contributed by atoms with E-state index in [1.165, 1.54) is 19.1 Å². The van der Waals surface area contributed by atoms with Crippen LogP contribution in [-0.4, -0.2) is 18.9 Å². The number of benzene rings is 1. The van der Waals surface area contributed by atoms with Gasteiger partial charge in [0, 0.05) is 12.0 Å². The number of rotatable bonds is 4. The van der Waals surface area contributed by atoms with Crippen molar-refractivity contribution >= 4 is 5.78 Å². The van der Waals surface area contributed by atoms with Crippen LogP contribution in [0.4, 0.5) is 8.78 Å². The van der Waals surface area contributed by atoms with E-state index in [4.69, 9.17) is 0 Å². The molecule has 0 radical (unpaired) electrons. The van der Waals surface area contributed by atoms with E-state index in [1.807, 2.05) is 6.92 Å². The number of hydrogen-bond acceptors (Lipinski definition) is 2. The summed E-state index contributed by atoms with van der Waals surface area (Å²) in [6.07, 6.45) is 3.18. The van der Waals surface area contributed by atoms with Crippen LogP contribution in [0.2, 0.25) is 0 Å². The lowest BCUT2D eigenvalue weighted by Gasteiger charge is -2.36. The number of piperidine rings is 1. The van der Waals surface area contributed by atoms with Gasteiger partial charge in [0.2, 0.25) is 0 Å². The van der Waals surface area contributed by atoms with Crippen LogP contribution in [0.3, 0.4) is 0 Å². The molecule has 0 bridgehead atoms. The Morgan fingerprint density at radius 1 is 1.35 bits per heavy atom. The Kier molecular flexibility index (Phi) is 4.53. The molecule has 110 valence electrons. The smallest absolute Gasteiger partial charge is 0.173 e. The van der Waals surface area contributed by atoms with E-state index in [-0.39, 0.29) is 16.9 Å². The van der Waals surface area contributed by atoms with E-state index in [2.05, 4.69) is 5.32 Å². The number of halogens is 2. The molecule has 1 aliphatic rings. The lowest BCUT2D eigenvalue weighted by atomic mass is 9.71. The van der Waals surface area contributed by atoms with Crippen molar-refractivity contribution in [2.24, 2.45) is 5.41 Å². The zero-order valence-electron chi connectivity index (χ0n) is 12.1. The van der Waals surface area contributed by atoms with Gasteiger partial charge in [0.1, 0.15) is 0 Å². The first kappa shape index (κ1) is 15.1. The molecule has 4 heteroatoms. The van der Waals surface area contributed by atoms with E-state index in [0.717, 1.165) is 25.8 Å². The molecule has 0 spiro atoms. The number of Topliss-reactive ketones (excluding diaryl/α,β-unsaturated/α-hetero) is 1. The highest BCUT2D eigenvalue weighted by Crippen LogP contribution is 2.36. The van der Waals surface area contributed by atoms with Crippen LogP contribution in [0.5, 0.6) is 0 Å². The molecular weight excluding hydrogens is 260 g/mol. The molecule has 1 heterocycles. The summed E-state index contributed by atoms with van der Waals surface area (Å²) in [4.78, 5) is 12.7. The highest BCUT2D eigenvalue weighted by atomic mass is 19.2. The lowest BCUT2D eigenvalue weighted by Crippen LogP contribution is -2.45. The van der Waals surface area contributed by atoms with Crippen molar-refractivity contribution in [3.8, 4) is 0 Å². The van der Waals surface area contributed by atoms with Gasteiger partial charge >= 0.3 is 0 Å². The average Bonchev–Trinajstić information content (AvgIpc) is 2.46. The van der Waals surface area contributed by atoms with Crippen LogP contribution >= 0.6 is 0 Å². The van der Waals surface area contributed by atoms with Crippen LogP contribution in [-0.2, 0) is 0 Å². The molecule has 1 unspecified atom stereocenters. The predicted octanol–water partition coefficient (Wildman–Crippen LogP) is 3.63. The molecule has 2 nitrogen and oxygen atoms in total. The summed E-state index contributed by atoms with van der Waals surface area (Å²) in [6.45, 7) is 4.93. The largest absolute Gasteiger partial charge is 0.316 e. The van der Waals surface area contributed by atoms with E-state index in [9.17, 15) is 13.6 Å². The normalized spacial score (nSPS) is 22.8. The molecule has 2 rings (SSSR count). The number of nitrogens with one attached hydrogen (secondary N) is 1. The first-order valence-corrected chi connectivity index (χ1v) is 7.22. The fraction of sp³-hybridized carbons (Fsp3) is 0.562. The average molecular weight is 281 g/mol. The Morgan fingerprint density at radius 3 is 2.70 bits per heavy atom. The van der Waals surface area contributed by atoms with Crippen LogP contribution in [0, 0.1) is 24.0 Å². The Balaban J connectivity index is 2.40. The van der Waals surface area contributed by atoms with E-state index >= 15 is 0 Å². The van der Waals surface area contributed by atoms with Crippen molar-refractivity contribution in [3.63, 3.8) is 0 Å². The molecular formula is C16H21F2NO. The molecule has 20 heavy (non-hydrogen) atoms. The number of hydrogen-bond donors (Lipinski definition) is 1. The minimum absolute atomic E-state index is 0.106. The van der Waals surface area contributed by atoms with Crippen molar-refractivity contribution in [1.82, 2.24) is 5.32 Å². The Morgan fingerprint density at radius 2 is 2.10 bits per heavy atom. The zero-order valence-corrected chi connectivity index (χ0v) is 12.1. The maximum absolute atomic E-state index is 14.1. The summed E-state index contributed by atoms with van der Waals surface area (Å²) in [7, 11) is 0. The van der Waals surface area contributed by atoms with Crippen LogP contribution in [0.15, 0.2) is 12.1 Å². The van der Waals surface area contributed by atoms with Gasteiger partial charge in [-0.2, -0.15) is 0 Å². The first-order valence-electron chi connectivity index (χ1n) is 7.22. The zero-order chi connectivity index (χ0) is 14.8. The molecule has 1 saturated heterocycles. The van der Waals surface area contributed by atoms with Gasteiger partial charge in [0.05, 0.1) is 5.56 Å². The molecule has 1 aromatic rings. The van der Waals surface area contributed by atoms with Crippen LogP contribution in [0.1, 0.15) is 48.5 Å². The van der Waals surface area contributed by atoms with Crippen molar-refractivity contribution in [3.05, 3.63) is 34.9 Å². The maximum atomic E-state index is 14.1. The van der Waals surface area contributed by atoms with Gasteiger partial charge < -0.3 is 5.32 Å². The van der Waals surface area contributed by atoms with Gasteiger partial charge in [0.15, 0.2) is 17.4 Å². The fourth-order valence-electron chi connectivity index (χ4n) is 3.07. The van der Waals surface area contributed by atoms with Crippen molar-refractivity contribution < 1.29 is 13.6 Å². The van der Waals surface area contributed by atoms with Crippen molar-refractivity contribution in [2.75, 3.05) is 13.1 Å². The number of carbonyl (C=O) groups excluding carboxylic acids is 1. The Bertz CT molecular complexity index is 502. The van der Waals surface area contributed by atoms with Gasteiger partial charge in [-0.3, -0.25) is 4.79 Å². The molecule has 0 aromatic heterocycles. The molecule has 1 aliphatic heterocycles. The molecule has 0 saturated carbocycles. The van der Waals surface area contributed by atoms with Gasteiger partial charge in [-0.1, -0.05) is 19.4 Å². The maximum Gasteiger partial charge on any atom is 0.173 e. The summed E-state index contributed by atoms with van der Waals surface area (Å²) < 4.78 is 27.7. The van der Waals surface area contributed by atoms with Crippen molar-refractivity contribution in [2.45, 2.75) is 39.5 Å². The van der Waals surface area contributed by atoms with Crippen LogP contribution < -0.4 is 5.32 Å². The second kappa shape index (κ2) is 6.00. The van der Waals surface area contributed by atoms with Gasteiger partial charge in [-0.05, 0) is 44.4 Å². The molecule has 1 N–H and O–H groups in total. The molecule has 0 aliphatic carbocycles. The standard InChI is InChI=1S/C16H21F2NO/c1-3-7-16(8-4-9-19-10-16)15(20)12-6-5-11(2)13(17)14(12)18/h5-6,19H,3-4,7-10H2,1-2H3. The van der Waals surface area contributed by atoms with E-state index < -0.39 is 17.0 Å². The molecule has 1 fully saturated rings. The highest BCUT2D eigenvalue weighted by molar-refractivity contribution is 6.01. The summed E-state index contributed by atoms with van der Waals surface area (Å²) in [5.74, 6) is -2.18. The second-order valence-corrected chi connectivity index (χ2v) is 5.70. The first-order chi connectivity index (χ1) is 9.52. The Labute approximate surface area is 118 Å². The third kappa shape index (κ3) is 2.62. The monoisotopic (exact) mass is 281 g/mol. The predicted molar refractivity (Wildman–Crippen MR) is 74.9 cm³/mol. The van der Waals surface area contributed by atoms with E-state index in [0.29, 0.717) is 13.0 Å². The van der Waals surface area contributed by atoms with Gasteiger partial charge in [0.25, 0.3) is 0 Å².